The van der Waals surface area contributed by atoms with Crippen molar-refractivity contribution in [2.45, 2.75) is 0 Å². The second-order valence-electron chi connectivity index (χ2n) is 3.28. The summed E-state index contributed by atoms with van der Waals surface area (Å²) < 4.78 is 12.6. The monoisotopic (exact) mass is 288 g/mol. The van der Waals surface area contributed by atoms with Crippen LogP contribution in [0.1, 0.15) is 10.4 Å². The van der Waals surface area contributed by atoms with E-state index < -0.39 is 17.8 Å². The minimum Gasteiger partial charge on any atom is -0.267 e. The number of nitrogens with one attached hydrogen (secondary N) is 2. The zero-order chi connectivity index (χ0) is 14.3. The van der Waals surface area contributed by atoms with Crippen LogP contribution in [0.3, 0.4) is 0 Å². The molecule has 1 aromatic rings. The lowest BCUT2D eigenvalue weighted by molar-refractivity contribution is 0.0930. The average Bonchev–Trinajstić information content (AvgIpc) is 2.42. The second-order valence-corrected chi connectivity index (χ2v) is 3.66. The van der Waals surface area contributed by atoms with E-state index in [1.165, 1.54) is 12.1 Å². The summed E-state index contributed by atoms with van der Waals surface area (Å²) in [7, 11) is 0. The van der Waals surface area contributed by atoms with E-state index in [0.29, 0.717) is 5.01 Å². The van der Waals surface area contributed by atoms with E-state index in [1.54, 1.807) is 0 Å². The molecule has 2 N–H and O–H groups in total. The van der Waals surface area contributed by atoms with Gasteiger partial charge in [-0.25, -0.2) is 14.6 Å². The number of benzene rings is 1. The van der Waals surface area contributed by atoms with Crippen molar-refractivity contribution in [1.82, 2.24) is 15.9 Å². The van der Waals surface area contributed by atoms with Gasteiger partial charge in [0.25, 0.3) is 5.91 Å². The van der Waals surface area contributed by atoms with Crippen molar-refractivity contribution in [3.8, 4) is 0 Å². The van der Waals surface area contributed by atoms with Gasteiger partial charge in [0.05, 0.1) is 11.8 Å². The predicted molar refractivity (Wildman–Crippen MR) is 65.6 cm³/mol. The van der Waals surface area contributed by atoms with E-state index >= 15 is 0 Å². The molecule has 1 rings (SSSR count). The molecular formula is C10H10ClFN4O3. The third-order valence-electron chi connectivity index (χ3n) is 2.02. The van der Waals surface area contributed by atoms with Crippen LogP contribution in [0.4, 0.5) is 9.18 Å². The van der Waals surface area contributed by atoms with Crippen molar-refractivity contribution in [1.29, 1.82) is 0 Å². The predicted octanol–water partition coefficient (Wildman–Crippen LogP) is 1.40. The van der Waals surface area contributed by atoms with E-state index in [9.17, 15) is 18.9 Å². The lowest BCUT2D eigenvalue weighted by atomic mass is 10.2. The number of carbonyl (C=O) groups is 2. The summed E-state index contributed by atoms with van der Waals surface area (Å²) in [5.41, 5.74) is 4.16. The number of urea groups is 1. The molecule has 0 aromatic heterocycles. The topological polar surface area (TPSA) is 90.9 Å². The summed E-state index contributed by atoms with van der Waals surface area (Å²) in [5, 5.41) is 2.94. The second kappa shape index (κ2) is 7.27. The van der Waals surface area contributed by atoms with Crippen LogP contribution in [0.25, 0.3) is 0 Å². The summed E-state index contributed by atoms with van der Waals surface area (Å²) in [6.07, 6.45) is 0. The van der Waals surface area contributed by atoms with Crippen molar-refractivity contribution in [3.05, 3.63) is 40.6 Å². The van der Waals surface area contributed by atoms with E-state index in [-0.39, 0.29) is 18.0 Å². The van der Waals surface area contributed by atoms with Gasteiger partial charge in [0.2, 0.25) is 0 Å². The van der Waals surface area contributed by atoms with Crippen LogP contribution < -0.4 is 10.9 Å². The SMILES string of the molecule is O=NN(CCCl)C(=O)NNC(=O)c1ccc(F)cc1. The summed E-state index contributed by atoms with van der Waals surface area (Å²) in [5.74, 6) is -1.13. The van der Waals surface area contributed by atoms with Crippen LogP contribution in [0, 0.1) is 10.7 Å². The largest absolute Gasteiger partial charge is 0.359 e. The summed E-state index contributed by atoms with van der Waals surface area (Å²) in [6.45, 7) is -0.0939. The average molecular weight is 289 g/mol. The smallest absolute Gasteiger partial charge is 0.267 e. The van der Waals surface area contributed by atoms with E-state index in [1.807, 2.05) is 10.9 Å². The first-order chi connectivity index (χ1) is 9.08. The molecule has 3 amide bonds. The number of nitrogens with zero attached hydrogens (tertiary/aromatic N) is 2. The molecule has 19 heavy (non-hydrogen) atoms. The molecule has 102 valence electrons. The van der Waals surface area contributed by atoms with Crippen molar-refractivity contribution in [3.63, 3.8) is 0 Å². The highest BCUT2D eigenvalue weighted by molar-refractivity contribution is 6.18. The maximum Gasteiger partial charge on any atom is 0.359 e. The molecule has 0 spiro atoms. The number of hydrogen-bond acceptors (Lipinski definition) is 4. The third kappa shape index (κ3) is 4.51. The minimum absolute atomic E-state index is 0.0189. The van der Waals surface area contributed by atoms with Crippen molar-refractivity contribution < 1.29 is 14.0 Å². The highest BCUT2D eigenvalue weighted by atomic mass is 35.5. The molecule has 0 bridgehead atoms. The van der Waals surface area contributed by atoms with Gasteiger partial charge in [-0.15, -0.1) is 16.5 Å². The number of carbonyl (C=O) groups excluding carboxylic acids is 2. The van der Waals surface area contributed by atoms with E-state index in [4.69, 9.17) is 11.6 Å². The molecule has 0 heterocycles. The Bertz CT molecular complexity index is 468. The lowest BCUT2D eigenvalue weighted by Crippen LogP contribution is -2.47. The zero-order valence-electron chi connectivity index (χ0n) is 9.60. The van der Waals surface area contributed by atoms with Crippen LogP contribution in [0.2, 0.25) is 0 Å². The van der Waals surface area contributed by atoms with E-state index in [2.05, 4.69) is 5.29 Å². The molecule has 0 aliphatic heterocycles. The first-order valence-corrected chi connectivity index (χ1v) is 5.64. The molecule has 1 aromatic carbocycles. The Morgan fingerprint density at radius 2 is 1.89 bits per heavy atom. The molecule has 0 aliphatic rings. The van der Waals surface area contributed by atoms with Gasteiger partial charge < -0.3 is 0 Å². The van der Waals surface area contributed by atoms with Gasteiger partial charge in [-0.1, -0.05) is 0 Å². The van der Waals surface area contributed by atoms with Crippen molar-refractivity contribution in [2.24, 2.45) is 5.29 Å². The molecule has 9 heteroatoms. The fourth-order valence-electron chi connectivity index (χ4n) is 1.11. The summed E-state index contributed by atoms with van der Waals surface area (Å²) >= 11 is 5.35. The Balaban J connectivity index is 2.52. The van der Waals surface area contributed by atoms with Gasteiger partial charge in [0.1, 0.15) is 5.82 Å². The Labute approximate surface area is 112 Å². The van der Waals surface area contributed by atoms with Gasteiger partial charge in [0.15, 0.2) is 0 Å². The van der Waals surface area contributed by atoms with Crippen molar-refractivity contribution >= 4 is 23.5 Å². The quantitative estimate of drug-likeness (QED) is 0.498. The number of alkyl halides is 1. The third-order valence-corrected chi connectivity index (χ3v) is 2.19. The fourth-order valence-corrected chi connectivity index (χ4v) is 1.27. The highest BCUT2D eigenvalue weighted by Crippen LogP contribution is 2.01. The van der Waals surface area contributed by atoms with Crippen LogP contribution in [-0.4, -0.2) is 29.4 Å². The van der Waals surface area contributed by atoms with Gasteiger partial charge in [-0.2, -0.15) is 5.01 Å². The Morgan fingerprint density at radius 1 is 1.26 bits per heavy atom. The summed E-state index contributed by atoms with van der Waals surface area (Å²) in [6, 6.07) is 3.76. The fraction of sp³-hybridized carbons (Fsp3) is 0.200. The first kappa shape index (κ1) is 14.8. The van der Waals surface area contributed by atoms with Gasteiger partial charge >= 0.3 is 6.03 Å². The number of amides is 3. The molecule has 0 unspecified atom stereocenters. The molecule has 7 nitrogen and oxygen atoms in total. The van der Waals surface area contributed by atoms with Gasteiger partial charge in [-0.05, 0) is 24.3 Å². The lowest BCUT2D eigenvalue weighted by Gasteiger charge is -2.13. The van der Waals surface area contributed by atoms with E-state index in [0.717, 1.165) is 12.1 Å². The minimum atomic E-state index is -0.925. The molecule has 0 saturated heterocycles. The number of hydrazine groups is 1. The highest BCUT2D eigenvalue weighted by Gasteiger charge is 2.14. The molecular weight excluding hydrogens is 279 g/mol. The van der Waals surface area contributed by atoms with Crippen molar-refractivity contribution in [2.75, 3.05) is 12.4 Å². The van der Waals surface area contributed by atoms with Gasteiger partial charge in [0, 0.05) is 11.4 Å². The molecule has 0 fully saturated rings. The van der Waals surface area contributed by atoms with Crippen LogP contribution in [0.15, 0.2) is 29.6 Å². The number of rotatable bonds is 4. The van der Waals surface area contributed by atoms with Crippen LogP contribution in [-0.2, 0) is 0 Å². The van der Waals surface area contributed by atoms with Gasteiger partial charge in [-0.3, -0.25) is 10.2 Å². The zero-order valence-corrected chi connectivity index (χ0v) is 10.4. The maximum absolute atomic E-state index is 12.6. The molecule has 0 radical (unpaired) electrons. The number of hydrogen-bond donors (Lipinski definition) is 2. The maximum atomic E-state index is 12.6. The Kier molecular flexibility index (Phi) is 5.68. The summed E-state index contributed by atoms with van der Waals surface area (Å²) in [4.78, 5) is 33.2. The Hall–Kier alpha value is -2.22. The van der Waals surface area contributed by atoms with Crippen LogP contribution in [0.5, 0.6) is 0 Å². The Morgan fingerprint density at radius 3 is 2.42 bits per heavy atom. The van der Waals surface area contributed by atoms with Crippen LogP contribution >= 0.6 is 11.6 Å². The number of halogens is 2. The standard InChI is InChI=1S/C10H10ClFN4O3/c11-5-6-16(15-19)10(18)14-13-9(17)7-1-3-8(12)4-2-7/h1-4H,5-6H2,(H,13,17)(H,14,18). The first-order valence-electron chi connectivity index (χ1n) is 5.11. The molecule has 0 aliphatic carbocycles. The molecule has 0 atom stereocenters. The number of nitroso groups, excluding NO2 is 1. The molecule has 0 saturated carbocycles. The normalized spacial score (nSPS) is 9.58.